The van der Waals surface area contributed by atoms with Gasteiger partial charge in [-0.25, -0.2) is 0 Å². The maximum absolute atomic E-state index is 9.60. The van der Waals surface area contributed by atoms with Crippen molar-refractivity contribution in [1.82, 2.24) is 0 Å². The molecular weight excluding hydrogens is 168 g/mol. The maximum atomic E-state index is 9.60. The zero-order valence-corrected chi connectivity index (χ0v) is 7.69. The molecule has 0 aromatic heterocycles. The molecule has 2 heterocycles. The first-order valence-electron chi connectivity index (χ1n) is 4.89. The van der Waals surface area contributed by atoms with Crippen LogP contribution in [0.1, 0.15) is 19.3 Å². The summed E-state index contributed by atoms with van der Waals surface area (Å²) in [5.74, 6) is 0. The lowest BCUT2D eigenvalue weighted by atomic mass is 10.0. The maximum Gasteiger partial charge on any atom is 0.102 e. The second-order valence-corrected chi connectivity index (χ2v) is 3.73. The summed E-state index contributed by atoms with van der Waals surface area (Å²) in [6.45, 7) is 4.43. The number of aliphatic hydroxyl groups excluding tert-OH is 1. The van der Waals surface area contributed by atoms with Gasteiger partial charge in [0.05, 0.1) is 18.3 Å². The van der Waals surface area contributed by atoms with E-state index >= 15 is 0 Å². The Bertz CT molecular complexity index is 193. The zero-order chi connectivity index (χ0) is 9.26. The molecule has 13 heavy (non-hydrogen) atoms. The van der Waals surface area contributed by atoms with E-state index in [2.05, 4.69) is 6.58 Å². The summed E-state index contributed by atoms with van der Waals surface area (Å²) in [5, 5.41) is 9.60. The molecule has 2 fully saturated rings. The minimum Gasteiger partial charge on any atom is -0.390 e. The van der Waals surface area contributed by atoms with Crippen molar-refractivity contribution in [3.8, 4) is 0 Å². The summed E-state index contributed by atoms with van der Waals surface area (Å²) in [6.07, 6.45) is 4.53. The normalized spacial score (nSPS) is 44.4. The van der Waals surface area contributed by atoms with Gasteiger partial charge in [0.15, 0.2) is 0 Å². The molecule has 1 N–H and O–H groups in total. The Morgan fingerprint density at radius 1 is 1.46 bits per heavy atom. The summed E-state index contributed by atoms with van der Waals surface area (Å²) in [6, 6.07) is 0. The van der Waals surface area contributed by atoms with Gasteiger partial charge in [0.1, 0.15) is 6.10 Å². The molecule has 2 aliphatic heterocycles. The van der Waals surface area contributed by atoms with Crippen LogP contribution in [0.2, 0.25) is 0 Å². The van der Waals surface area contributed by atoms with Crippen LogP contribution in [0.15, 0.2) is 12.7 Å². The average Bonchev–Trinajstić information content (AvgIpc) is 2.88. The van der Waals surface area contributed by atoms with Crippen molar-refractivity contribution in [2.75, 3.05) is 6.61 Å². The topological polar surface area (TPSA) is 42.0 Å². The van der Waals surface area contributed by atoms with E-state index in [9.17, 15) is 5.11 Å². The van der Waals surface area contributed by atoms with Gasteiger partial charge in [0.2, 0.25) is 0 Å². The number of epoxide rings is 1. The first-order chi connectivity index (χ1) is 6.31. The van der Waals surface area contributed by atoms with Crippen molar-refractivity contribution in [2.24, 2.45) is 0 Å². The van der Waals surface area contributed by atoms with Crippen LogP contribution in [0.5, 0.6) is 0 Å². The van der Waals surface area contributed by atoms with Crippen LogP contribution in [-0.2, 0) is 9.47 Å². The van der Waals surface area contributed by atoms with Crippen LogP contribution >= 0.6 is 0 Å². The van der Waals surface area contributed by atoms with Gasteiger partial charge in [0.25, 0.3) is 0 Å². The predicted molar refractivity (Wildman–Crippen MR) is 48.5 cm³/mol. The third-order valence-electron chi connectivity index (χ3n) is 2.72. The molecular formula is C10H16O3. The van der Waals surface area contributed by atoms with Crippen LogP contribution < -0.4 is 0 Å². The van der Waals surface area contributed by atoms with Crippen molar-refractivity contribution in [3.63, 3.8) is 0 Å². The first kappa shape index (κ1) is 9.19. The van der Waals surface area contributed by atoms with E-state index in [-0.39, 0.29) is 24.4 Å². The summed E-state index contributed by atoms with van der Waals surface area (Å²) in [4.78, 5) is 0. The second-order valence-electron chi connectivity index (χ2n) is 3.73. The second kappa shape index (κ2) is 3.78. The molecule has 2 aliphatic rings. The van der Waals surface area contributed by atoms with Gasteiger partial charge in [-0.2, -0.15) is 0 Å². The third kappa shape index (κ3) is 2.10. The molecule has 3 nitrogen and oxygen atoms in total. The summed E-state index contributed by atoms with van der Waals surface area (Å²) in [7, 11) is 0. The van der Waals surface area contributed by atoms with Crippen molar-refractivity contribution >= 4 is 0 Å². The Labute approximate surface area is 78.3 Å². The monoisotopic (exact) mass is 184 g/mol. The largest absolute Gasteiger partial charge is 0.390 e. The molecule has 4 atom stereocenters. The number of hydrogen-bond donors (Lipinski definition) is 1. The Morgan fingerprint density at radius 3 is 2.92 bits per heavy atom. The molecule has 0 bridgehead atoms. The van der Waals surface area contributed by atoms with Gasteiger partial charge >= 0.3 is 0 Å². The Morgan fingerprint density at radius 2 is 2.31 bits per heavy atom. The molecule has 0 aliphatic carbocycles. The van der Waals surface area contributed by atoms with Gasteiger partial charge in [0, 0.05) is 13.0 Å². The van der Waals surface area contributed by atoms with Gasteiger partial charge in [-0.3, -0.25) is 0 Å². The van der Waals surface area contributed by atoms with E-state index < -0.39 is 0 Å². The molecule has 0 saturated carbocycles. The van der Waals surface area contributed by atoms with E-state index in [4.69, 9.17) is 9.47 Å². The molecule has 3 heteroatoms. The molecule has 0 aromatic carbocycles. The summed E-state index contributed by atoms with van der Waals surface area (Å²) >= 11 is 0. The van der Waals surface area contributed by atoms with E-state index in [0.29, 0.717) is 0 Å². The highest BCUT2D eigenvalue weighted by Crippen LogP contribution is 2.30. The highest BCUT2D eigenvalue weighted by atomic mass is 16.6. The minimum atomic E-state index is -0.302. The lowest BCUT2D eigenvalue weighted by Gasteiger charge is -2.27. The molecule has 2 rings (SSSR count). The molecule has 0 aromatic rings. The van der Waals surface area contributed by atoms with Crippen molar-refractivity contribution in [2.45, 2.75) is 43.7 Å². The highest BCUT2D eigenvalue weighted by molar-refractivity contribution is 4.99. The quantitative estimate of drug-likeness (QED) is 0.522. The Balaban J connectivity index is 1.77. The molecule has 0 amide bonds. The fourth-order valence-electron chi connectivity index (χ4n) is 1.83. The van der Waals surface area contributed by atoms with E-state index in [1.165, 1.54) is 0 Å². The Hall–Kier alpha value is -0.380. The van der Waals surface area contributed by atoms with Crippen molar-refractivity contribution in [1.29, 1.82) is 0 Å². The standard InChI is InChI=1S/C10H16O3/c1-2-8-10(13-8)6-9-7(11)4-3-5-12-9/h2,7-11H,1,3-6H2. The van der Waals surface area contributed by atoms with Crippen molar-refractivity contribution in [3.05, 3.63) is 12.7 Å². The summed E-state index contributed by atoms with van der Waals surface area (Å²) < 4.78 is 10.8. The molecule has 0 radical (unpaired) electrons. The smallest absolute Gasteiger partial charge is 0.102 e. The predicted octanol–water partition coefficient (Wildman–Crippen LogP) is 0.870. The van der Waals surface area contributed by atoms with E-state index in [1.54, 1.807) is 6.08 Å². The Kier molecular flexibility index (Phi) is 2.67. The lowest BCUT2D eigenvalue weighted by Crippen LogP contribution is -2.35. The lowest BCUT2D eigenvalue weighted by molar-refractivity contribution is -0.0791. The van der Waals surface area contributed by atoms with Gasteiger partial charge in [-0.05, 0) is 12.8 Å². The number of aliphatic hydroxyl groups is 1. The van der Waals surface area contributed by atoms with E-state index in [0.717, 1.165) is 25.9 Å². The zero-order valence-electron chi connectivity index (χ0n) is 7.69. The van der Waals surface area contributed by atoms with Crippen LogP contribution in [0.25, 0.3) is 0 Å². The molecule has 0 spiro atoms. The minimum absolute atomic E-state index is 0.0244. The fraction of sp³-hybridized carbons (Fsp3) is 0.800. The number of rotatable bonds is 3. The molecule has 4 unspecified atom stereocenters. The van der Waals surface area contributed by atoms with Crippen LogP contribution in [-0.4, -0.2) is 36.1 Å². The third-order valence-corrected chi connectivity index (χ3v) is 2.72. The SMILES string of the molecule is C=CC1OC1CC1OCCCC1O. The average molecular weight is 184 g/mol. The van der Waals surface area contributed by atoms with Crippen LogP contribution in [0.3, 0.4) is 0 Å². The number of hydrogen-bond acceptors (Lipinski definition) is 3. The first-order valence-corrected chi connectivity index (χ1v) is 4.89. The number of ether oxygens (including phenoxy) is 2. The van der Waals surface area contributed by atoms with Gasteiger partial charge in [-0.15, -0.1) is 6.58 Å². The fourth-order valence-corrected chi connectivity index (χ4v) is 1.83. The van der Waals surface area contributed by atoms with Gasteiger partial charge < -0.3 is 14.6 Å². The van der Waals surface area contributed by atoms with Gasteiger partial charge in [-0.1, -0.05) is 6.08 Å². The molecule has 2 saturated heterocycles. The van der Waals surface area contributed by atoms with Crippen molar-refractivity contribution < 1.29 is 14.6 Å². The highest BCUT2D eigenvalue weighted by Gasteiger charge is 2.40. The summed E-state index contributed by atoms with van der Waals surface area (Å²) in [5.41, 5.74) is 0. The van der Waals surface area contributed by atoms with E-state index in [1.807, 2.05) is 0 Å². The van der Waals surface area contributed by atoms with Crippen LogP contribution in [0, 0.1) is 0 Å². The molecule has 74 valence electrons. The van der Waals surface area contributed by atoms with Crippen LogP contribution in [0.4, 0.5) is 0 Å².